The normalized spacial score (nSPS) is 25.2. The van der Waals surface area contributed by atoms with Crippen LogP contribution in [0.5, 0.6) is 0 Å². The lowest BCUT2D eigenvalue weighted by molar-refractivity contribution is -0.127. The van der Waals surface area contributed by atoms with E-state index in [1.54, 1.807) is 27.4 Å². The Morgan fingerprint density at radius 2 is 1.68 bits per heavy atom. The number of aryl methyl sites for hydroxylation is 1. The van der Waals surface area contributed by atoms with Crippen LogP contribution >= 0.6 is 0 Å². The van der Waals surface area contributed by atoms with Crippen LogP contribution in [0.15, 0.2) is 23.1 Å². The van der Waals surface area contributed by atoms with E-state index in [2.05, 4.69) is 5.32 Å². The van der Waals surface area contributed by atoms with Crippen molar-refractivity contribution < 1.29 is 18.0 Å². The van der Waals surface area contributed by atoms with Crippen molar-refractivity contribution in [2.24, 2.45) is 5.92 Å². The van der Waals surface area contributed by atoms with Gasteiger partial charge in [0.15, 0.2) is 0 Å². The van der Waals surface area contributed by atoms with Crippen LogP contribution in [0, 0.1) is 12.8 Å². The maximum Gasteiger partial charge on any atom is 0.254 e. The topological polar surface area (TPSA) is 86.8 Å². The lowest BCUT2D eigenvalue weighted by Crippen LogP contribution is -2.48. The van der Waals surface area contributed by atoms with Crippen molar-refractivity contribution in [1.82, 2.24) is 14.5 Å². The Bertz CT molecular complexity index is 1000. The fourth-order valence-electron chi connectivity index (χ4n) is 5.67. The first-order valence-corrected chi connectivity index (χ1v) is 14.4. The number of hydrogen-bond acceptors (Lipinski definition) is 4. The van der Waals surface area contributed by atoms with Gasteiger partial charge in [0.2, 0.25) is 15.9 Å². The summed E-state index contributed by atoms with van der Waals surface area (Å²) in [6, 6.07) is 5.10. The highest BCUT2D eigenvalue weighted by Crippen LogP contribution is 2.28. The quantitative estimate of drug-likeness (QED) is 0.680. The maximum atomic E-state index is 13.5. The minimum atomic E-state index is -3.66. The summed E-state index contributed by atoms with van der Waals surface area (Å²) in [5.41, 5.74) is 1.17. The highest BCUT2D eigenvalue weighted by atomic mass is 32.2. The largest absolute Gasteiger partial charge is 0.353 e. The molecule has 1 N–H and O–H groups in total. The highest BCUT2D eigenvalue weighted by molar-refractivity contribution is 7.89. The smallest absolute Gasteiger partial charge is 0.254 e. The number of rotatable bonds is 5. The van der Waals surface area contributed by atoms with Gasteiger partial charge in [0, 0.05) is 37.3 Å². The van der Waals surface area contributed by atoms with Gasteiger partial charge in [-0.3, -0.25) is 9.59 Å². The molecule has 34 heavy (non-hydrogen) atoms. The van der Waals surface area contributed by atoms with Gasteiger partial charge in [0.05, 0.1) is 10.8 Å². The first kappa shape index (κ1) is 25.2. The number of amides is 2. The molecule has 4 rings (SSSR count). The molecular formula is C26H39N3O4S. The van der Waals surface area contributed by atoms with Gasteiger partial charge in [0.1, 0.15) is 0 Å². The van der Waals surface area contributed by atoms with Crippen LogP contribution in [0.4, 0.5) is 0 Å². The zero-order valence-electron chi connectivity index (χ0n) is 20.6. The molecule has 0 spiro atoms. The van der Waals surface area contributed by atoms with Gasteiger partial charge in [-0.1, -0.05) is 31.7 Å². The van der Waals surface area contributed by atoms with Crippen molar-refractivity contribution >= 4 is 21.8 Å². The summed E-state index contributed by atoms with van der Waals surface area (Å²) in [6.45, 7) is 5.28. The van der Waals surface area contributed by atoms with Crippen LogP contribution in [-0.2, 0) is 14.8 Å². The van der Waals surface area contributed by atoms with E-state index in [4.69, 9.17) is 0 Å². The van der Waals surface area contributed by atoms with Crippen LogP contribution in [0.2, 0.25) is 0 Å². The van der Waals surface area contributed by atoms with Crippen LogP contribution in [-0.4, -0.2) is 61.2 Å². The molecule has 1 aliphatic carbocycles. The van der Waals surface area contributed by atoms with E-state index >= 15 is 0 Å². The monoisotopic (exact) mass is 489 g/mol. The minimum Gasteiger partial charge on any atom is -0.353 e. The van der Waals surface area contributed by atoms with E-state index in [0.29, 0.717) is 25.2 Å². The Morgan fingerprint density at radius 3 is 2.41 bits per heavy atom. The summed E-state index contributed by atoms with van der Waals surface area (Å²) in [4.78, 5) is 28.3. The van der Waals surface area contributed by atoms with Gasteiger partial charge in [-0.05, 0) is 70.1 Å². The number of sulfonamides is 1. The predicted molar refractivity (Wildman–Crippen MR) is 132 cm³/mol. The van der Waals surface area contributed by atoms with E-state index < -0.39 is 10.0 Å². The molecule has 8 heteroatoms. The molecule has 1 aromatic rings. The second kappa shape index (κ2) is 10.8. The van der Waals surface area contributed by atoms with Crippen molar-refractivity contribution in [2.75, 3.05) is 19.6 Å². The molecule has 7 nitrogen and oxygen atoms in total. The predicted octanol–water partition coefficient (Wildman–Crippen LogP) is 3.86. The summed E-state index contributed by atoms with van der Waals surface area (Å²) in [7, 11) is -3.66. The number of piperidine rings is 2. The average Bonchev–Trinajstić information content (AvgIpc) is 2.84. The van der Waals surface area contributed by atoms with Gasteiger partial charge in [0.25, 0.3) is 5.91 Å². The highest BCUT2D eigenvalue weighted by Gasteiger charge is 2.34. The molecule has 2 heterocycles. The first-order valence-electron chi connectivity index (χ1n) is 13.0. The zero-order valence-corrected chi connectivity index (χ0v) is 21.4. The van der Waals surface area contributed by atoms with Crippen molar-refractivity contribution in [3.63, 3.8) is 0 Å². The summed E-state index contributed by atoms with van der Waals surface area (Å²) >= 11 is 0. The molecule has 2 aliphatic heterocycles. The number of hydrogen-bond donors (Lipinski definition) is 1. The fourth-order valence-corrected chi connectivity index (χ4v) is 7.39. The molecular weight excluding hydrogens is 450 g/mol. The third kappa shape index (κ3) is 5.48. The minimum absolute atomic E-state index is 0.0373. The van der Waals surface area contributed by atoms with Crippen LogP contribution in [0.25, 0.3) is 0 Å². The summed E-state index contributed by atoms with van der Waals surface area (Å²) < 4.78 is 28.2. The summed E-state index contributed by atoms with van der Waals surface area (Å²) in [6.07, 6.45) is 9.95. The van der Waals surface area contributed by atoms with Crippen LogP contribution in [0.3, 0.4) is 0 Å². The van der Waals surface area contributed by atoms with Gasteiger partial charge in [-0.15, -0.1) is 0 Å². The molecule has 2 unspecified atom stereocenters. The number of benzene rings is 1. The molecule has 2 amide bonds. The Labute approximate surface area is 204 Å². The number of nitrogens with zero attached hydrogens (tertiary/aromatic N) is 2. The van der Waals surface area contributed by atoms with Crippen molar-refractivity contribution in [1.29, 1.82) is 0 Å². The third-order valence-corrected chi connectivity index (χ3v) is 9.83. The number of carbonyl (C=O) groups is 2. The maximum absolute atomic E-state index is 13.5. The Kier molecular flexibility index (Phi) is 7.97. The molecule has 0 aromatic heterocycles. The van der Waals surface area contributed by atoms with Crippen molar-refractivity contribution in [3.05, 3.63) is 29.3 Å². The fraction of sp³-hybridized carbons (Fsp3) is 0.692. The molecule has 188 valence electrons. The second-order valence-electron chi connectivity index (χ2n) is 10.4. The Hall–Kier alpha value is -1.93. The van der Waals surface area contributed by atoms with Crippen molar-refractivity contribution in [3.8, 4) is 0 Å². The molecule has 1 aromatic carbocycles. The average molecular weight is 490 g/mol. The molecule has 0 radical (unpaired) electrons. The van der Waals surface area contributed by atoms with E-state index in [9.17, 15) is 18.0 Å². The standard InChI is InChI=1S/C26H39N3O4S/c1-19-13-14-23(34(32,33)29-16-7-6-9-20(29)2)17-24(19)26(31)28-15-8-10-21(18-28)25(30)27-22-11-4-3-5-12-22/h13-14,17,20-22H,3-12,15-16,18H2,1-2H3,(H,27,30). The SMILES string of the molecule is Cc1ccc(S(=O)(=O)N2CCCCC2C)cc1C(=O)N1CCCC(C(=O)NC2CCCCC2)C1. The van der Waals surface area contributed by atoms with Crippen LogP contribution in [0.1, 0.15) is 87.1 Å². The van der Waals surface area contributed by atoms with Gasteiger partial charge >= 0.3 is 0 Å². The van der Waals surface area contributed by atoms with Crippen molar-refractivity contribution in [2.45, 2.75) is 95.0 Å². The van der Waals surface area contributed by atoms with Crippen LogP contribution < -0.4 is 5.32 Å². The Morgan fingerprint density at radius 1 is 0.941 bits per heavy atom. The first-order chi connectivity index (χ1) is 16.3. The molecule has 1 saturated carbocycles. The Balaban J connectivity index is 1.48. The van der Waals surface area contributed by atoms with E-state index in [1.807, 2.05) is 13.8 Å². The lowest BCUT2D eigenvalue weighted by atomic mass is 9.92. The third-order valence-electron chi connectivity index (χ3n) is 7.82. The van der Waals surface area contributed by atoms with Gasteiger partial charge in [-0.25, -0.2) is 8.42 Å². The molecule has 3 aliphatic rings. The summed E-state index contributed by atoms with van der Waals surface area (Å²) in [5, 5.41) is 3.21. The van der Waals surface area contributed by atoms with E-state index in [0.717, 1.165) is 63.4 Å². The lowest BCUT2D eigenvalue weighted by Gasteiger charge is -2.34. The number of nitrogens with one attached hydrogen (secondary N) is 1. The number of carbonyl (C=O) groups excluding carboxylic acids is 2. The number of likely N-dealkylation sites (tertiary alicyclic amines) is 1. The zero-order chi connectivity index (χ0) is 24.3. The molecule has 0 bridgehead atoms. The van der Waals surface area contributed by atoms with E-state index in [1.165, 1.54) is 6.42 Å². The van der Waals surface area contributed by atoms with Gasteiger partial charge < -0.3 is 10.2 Å². The second-order valence-corrected chi connectivity index (χ2v) is 12.3. The molecule has 3 fully saturated rings. The molecule has 2 atom stereocenters. The van der Waals surface area contributed by atoms with E-state index in [-0.39, 0.29) is 34.7 Å². The summed E-state index contributed by atoms with van der Waals surface area (Å²) in [5.74, 6) is -0.339. The molecule has 2 saturated heterocycles. The van der Waals surface area contributed by atoms with Gasteiger partial charge in [-0.2, -0.15) is 4.31 Å².